The SMILES string of the molecule is CCC(N)C(=O)N(C)CC(=O)N(C)C. The van der Waals surface area contributed by atoms with Crippen molar-refractivity contribution in [3.63, 3.8) is 0 Å². The van der Waals surface area contributed by atoms with Crippen LogP contribution in [0.5, 0.6) is 0 Å². The molecule has 0 spiro atoms. The molecule has 14 heavy (non-hydrogen) atoms. The van der Waals surface area contributed by atoms with Crippen molar-refractivity contribution in [3.05, 3.63) is 0 Å². The van der Waals surface area contributed by atoms with Gasteiger partial charge >= 0.3 is 0 Å². The van der Waals surface area contributed by atoms with Crippen LogP contribution in [0.2, 0.25) is 0 Å². The molecule has 0 fully saturated rings. The molecular formula is C9H19N3O2. The lowest BCUT2D eigenvalue weighted by atomic mass is 10.2. The minimum Gasteiger partial charge on any atom is -0.347 e. The van der Waals surface area contributed by atoms with Crippen LogP contribution >= 0.6 is 0 Å². The maximum absolute atomic E-state index is 11.5. The topological polar surface area (TPSA) is 66.6 Å². The maximum Gasteiger partial charge on any atom is 0.241 e. The third-order valence-electron chi connectivity index (χ3n) is 2.00. The zero-order valence-electron chi connectivity index (χ0n) is 9.28. The summed E-state index contributed by atoms with van der Waals surface area (Å²) in [5.74, 6) is -0.299. The Balaban J connectivity index is 4.14. The third kappa shape index (κ3) is 3.74. The normalized spacial score (nSPS) is 12.1. The highest BCUT2D eigenvalue weighted by Crippen LogP contribution is 1.94. The number of carbonyl (C=O) groups excluding carboxylic acids is 2. The predicted octanol–water partition coefficient (Wildman–Crippen LogP) is -0.730. The fourth-order valence-corrected chi connectivity index (χ4v) is 0.880. The number of carbonyl (C=O) groups is 2. The lowest BCUT2D eigenvalue weighted by molar-refractivity contribution is -0.138. The van der Waals surface area contributed by atoms with Crippen molar-refractivity contribution < 1.29 is 9.59 Å². The molecule has 0 saturated carbocycles. The summed E-state index contributed by atoms with van der Waals surface area (Å²) in [7, 11) is 4.89. The van der Waals surface area contributed by atoms with Crippen LogP contribution in [0.25, 0.3) is 0 Å². The zero-order chi connectivity index (χ0) is 11.3. The third-order valence-corrected chi connectivity index (χ3v) is 2.00. The quantitative estimate of drug-likeness (QED) is 0.652. The lowest BCUT2D eigenvalue weighted by Crippen LogP contribution is -2.45. The molecule has 0 aliphatic carbocycles. The molecule has 5 heteroatoms. The van der Waals surface area contributed by atoms with E-state index in [0.717, 1.165) is 0 Å². The molecule has 0 aliphatic rings. The Kier molecular flexibility index (Phi) is 5.15. The molecule has 1 unspecified atom stereocenters. The van der Waals surface area contributed by atoms with Crippen LogP contribution < -0.4 is 5.73 Å². The van der Waals surface area contributed by atoms with E-state index < -0.39 is 6.04 Å². The molecule has 0 aromatic rings. The van der Waals surface area contributed by atoms with Crippen molar-refractivity contribution in [2.24, 2.45) is 5.73 Å². The van der Waals surface area contributed by atoms with Gasteiger partial charge in [-0.15, -0.1) is 0 Å². The molecular weight excluding hydrogens is 182 g/mol. The highest BCUT2D eigenvalue weighted by Gasteiger charge is 2.18. The van der Waals surface area contributed by atoms with E-state index in [1.54, 1.807) is 21.1 Å². The van der Waals surface area contributed by atoms with E-state index in [1.807, 2.05) is 6.92 Å². The molecule has 0 radical (unpaired) electrons. The Bertz CT molecular complexity index is 216. The van der Waals surface area contributed by atoms with Gasteiger partial charge in [-0.05, 0) is 6.42 Å². The Hall–Kier alpha value is -1.10. The van der Waals surface area contributed by atoms with E-state index >= 15 is 0 Å². The van der Waals surface area contributed by atoms with Crippen molar-refractivity contribution in [1.82, 2.24) is 9.80 Å². The average Bonchev–Trinajstić information content (AvgIpc) is 2.14. The van der Waals surface area contributed by atoms with Gasteiger partial charge in [0.15, 0.2) is 0 Å². The van der Waals surface area contributed by atoms with E-state index in [4.69, 9.17) is 5.73 Å². The molecule has 0 rings (SSSR count). The van der Waals surface area contributed by atoms with Crippen molar-refractivity contribution in [2.75, 3.05) is 27.7 Å². The highest BCUT2D eigenvalue weighted by atomic mass is 16.2. The minimum absolute atomic E-state index is 0.0829. The molecule has 0 bridgehead atoms. The van der Waals surface area contributed by atoms with Crippen LogP contribution in [0.4, 0.5) is 0 Å². The first-order valence-electron chi connectivity index (χ1n) is 4.60. The van der Waals surface area contributed by atoms with Crippen LogP contribution in [0.3, 0.4) is 0 Å². The molecule has 0 aromatic heterocycles. The van der Waals surface area contributed by atoms with Gasteiger partial charge in [-0.1, -0.05) is 6.92 Å². The first-order chi connectivity index (χ1) is 6.40. The fourth-order valence-electron chi connectivity index (χ4n) is 0.880. The smallest absolute Gasteiger partial charge is 0.241 e. The summed E-state index contributed by atoms with van der Waals surface area (Å²) in [4.78, 5) is 25.5. The van der Waals surface area contributed by atoms with Crippen molar-refractivity contribution in [2.45, 2.75) is 19.4 Å². The molecule has 1 atom stereocenters. The number of likely N-dealkylation sites (N-methyl/N-ethyl adjacent to an activating group) is 2. The summed E-state index contributed by atoms with van der Waals surface area (Å²) in [6.45, 7) is 1.92. The number of rotatable bonds is 4. The van der Waals surface area contributed by atoms with Gasteiger partial charge in [0.2, 0.25) is 11.8 Å². The van der Waals surface area contributed by atoms with Gasteiger partial charge in [0.05, 0.1) is 12.6 Å². The van der Waals surface area contributed by atoms with Gasteiger partial charge < -0.3 is 15.5 Å². The largest absolute Gasteiger partial charge is 0.347 e. The van der Waals surface area contributed by atoms with Gasteiger partial charge in [-0.3, -0.25) is 9.59 Å². The van der Waals surface area contributed by atoms with E-state index in [0.29, 0.717) is 6.42 Å². The van der Waals surface area contributed by atoms with Gasteiger partial charge in [-0.25, -0.2) is 0 Å². The van der Waals surface area contributed by atoms with Crippen molar-refractivity contribution in [1.29, 1.82) is 0 Å². The van der Waals surface area contributed by atoms with Gasteiger partial charge in [0, 0.05) is 21.1 Å². The van der Waals surface area contributed by atoms with Gasteiger partial charge in [-0.2, -0.15) is 0 Å². The summed E-state index contributed by atoms with van der Waals surface area (Å²) >= 11 is 0. The first kappa shape index (κ1) is 12.9. The zero-order valence-corrected chi connectivity index (χ0v) is 9.28. The standard InChI is InChI=1S/C9H19N3O2/c1-5-7(10)9(14)12(4)6-8(13)11(2)3/h7H,5-6,10H2,1-4H3. The van der Waals surface area contributed by atoms with Crippen LogP contribution in [-0.2, 0) is 9.59 Å². The summed E-state index contributed by atoms with van der Waals surface area (Å²) in [5.41, 5.74) is 5.55. The molecule has 0 aromatic carbocycles. The minimum atomic E-state index is -0.505. The number of nitrogens with two attached hydrogens (primary N) is 1. The Morgan fingerprint density at radius 3 is 2.14 bits per heavy atom. The Labute approximate surface area is 84.8 Å². The van der Waals surface area contributed by atoms with Crippen molar-refractivity contribution >= 4 is 11.8 Å². The second kappa shape index (κ2) is 5.59. The predicted molar refractivity (Wildman–Crippen MR) is 54.6 cm³/mol. The maximum atomic E-state index is 11.5. The van der Waals surface area contributed by atoms with E-state index in [-0.39, 0.29) is 18.4 Å². The average molecular weight is 201 g/mol. The number of nitrogens with zero attached hydrogens (tertiary/aromatic N) is 2. The molecule has 0 heterocycles. The number of hydrogen-bond donors (Lipinski definition) is 1. The first-order valence-corrected chi connectivity index (χ1v) is 4.60. The fraction of sp³-hybridized carbons (Fsp3) is 0.778. The molecule has 0 aliphatic heterocycles. The number of hydrogen-bond acceptors (Lipinski definition) is 3. The number of amides is 2. The summed E-state index contributed by atoms with van der Waals surface area (Å²) in [6, 6.07) is -0.505. The Morgan fingerprint density at radius 2 is 1.79 bits per heavy atom. The molecule has 2 amide bonds. The second-order valence-electron chi connectivity index (χ2n) is 3.50. The molecule has 82 valence electrons. The summed E-state index contributed by atoms with van der Waals surface area (Å²) in [6.07, 6.45) is 0.583. The molecule has 5 nitrogen and oxygen atoms in total. The van der Waals surface area contributed by atoms with Gasteiger partial charge in [0.25, 0.3) is 0 Å². The summed E-state index contributed by atoms with van der Waals surface area (Å²) < 4.78 is 0. The van der Waals surface area contributed by atoms with Crippen LogP contribution in [0.15, 0.2) is 0 Å². The molecule has 2 N–H and O–H groups in total. The lowest BCUT2D eigenvalue weighted by Gasteiger charge is -2.21. The molecule has 0 saturated heterocycles. The van der Waals surface area contributed by atoms with E-state index in [1.165, 1.54) is 9.80 Å². The van der Waals surface area contributed by atoms with Crippen molar-refractivity contribution in [3.8, 4) is 0 Å². The van der Waals surface area contributed by atoms with Crippen LogP contribution in [0, 0.1) is 0 Å². The monoisotopic (exact) mass is 201 g/mol. The summed E-state index contributed by atoms with van der Waals surface area (Å²) in [5, 5.41) is 0. The van der Waals surface area contributed by atoms with Crippen LogP contribution in [0.1, 0.15) is 13.3 Å². The van der Waals surface area contributed by atoms with Gasteiger partial charge in [0.1, 0.15) is 0 Å². The second-order valence-corrected chi connectivity index (χ2v) is 3.50. The van der Waals surface area contributed by atoms with Crippen LogP contribution in [-0.4, -0.2) is 55.3 Å². The van der Waals surface area contributed by atoms with E-state index in [9.17, 15) is 9.59 Å². The Morgan fingerprint density at radius 1 is 1.29 bits per heavy atom. The van der Waals surface area contributed by atoms with E-state index in [2.05, 4.69) is 0 Å². The highest BCUT2D eigenvalue weighted by molar-refractivity contribution is 5.86.